The van der Waals surface area contributed by atoms with Gasteiger partial charge < -0.3 is 15.0 Å². The number of methoxy groups -OCH3 is 1. The van der Waals surface area contributed by atoms with E-state index >= 15 is 0 Å². The molecule has 0 bridgehead atoms. The van der Waals surface area contributed by atoms with Crippen LogP contribution in [-0.2, 0) is 6.54 Å². The Balaban J connectivity index is 1.93. The molecule has 0 aromatic carbocycles. The molecule has 20 heavy (non-hydrogen) atoms. The zero-order valence-electron chi connectivity index (χ0n) is 10.5. The number of ether oxygens (including phenoxy) is 1. The SMILES string of the molecule is COc1cc(-c2noc(-c3csc(CN)n3)n2)ncn1. The van der Waals surface area contributed by atoms with Crippen molar-refractivity contribution in [1.82, 2.24) is 25.1 Å². The number of thiazole rings is 1. The van der Waals surface area contributed by atoms with Gasteiger partial charge in [-0.15, -0.1) is 11.3 Å². The van der Waals surface area contributed by atoms with Gasteiger partial charge in [-0.25, -0.2) is 15.0 Å². The Labute approximate surface area is 117 Å². The molecule has 0 aliphatic heterocycles. The van der Waals surface area contributed by atoms with Gasteiger partial charge in [-0.2, -0.15) is 4.98 Å². The van der Waals surface area contributed by atoms with Crippen LogP contribution in [0.25, 0.3) is 23.1 Å². The second-order valence-corrected chi connectivity index (χ2v) is 4.64. The first-order valence-electron chi connectivity index (χ1n) is 5.65. The van der Waals surface area contributed by atoms with Crippen LogP contribution in [0.1, 0.15) is 5.01 Å². The van der Waals surface area contributed by atoms with Gasteiger partial charge in [0.05, 0.1) is 7.11 Å². The van der Waals surface area contributed by atoms with Crippen LogP contribution in [0.4, 0.5) is 0 Å². The fraction of sp³-hybridized carbons (Fsp3) is 0.182. The summed E-state index contributed by atoms with van der Waals surface area (Å²) in [6.45, 7) is 0.384. The number of nitrogens with two attached hydrogens (primary N) is 1. The third-order valence-electron chi connectivity index (χ3n) is 2.45. The zero-order chi connectivity index (χ0) is 13.9. The topological polar surface area (TPSA) is 113 Å². The molecule has 0 fully saturated rings. The molecule has 0 aliphatic rings. The maximum atomic E-state index is 5.52. The Hall–Kier alpha value is -2.39. The number of nitrogens with zero attached hydrogens (tertiary/aromatic N) is 5. The predicted octanol–water partition coefficient (Wildman–Crippen LogP) is 1.12. The van der Waals surface area contributed by atoms with Crippen molar-refractivity contribution >= 4 is 11.3 Å². The number of rotatable bonds is 4. The lowest BCUT2D eigenvalue weighted by molar-refractivity contribution is 0.397. The largest absolute Gasteiger partial charge is 0.481 e. The van der Waals surface area contributed by atoms with Gasteiger partial charge in [0, 0.05) is 18.0 Å². The van der Waals surface area contributed by atoms with Crippen molar-refractivity contribution in [2.45, 2.75) is 6.54 Å². The lowest BCUT2D eigenvalue weighted by Gasteiger charge is -1.97. The van der Waals surface area contributed by atoms with Gasteiger partial charge in [0.1, 0.15) is 22.7 Å². The molecular weight excluding hydrogens is 280 g/mol. The third kappa shape index (κ3) is 2.36. The highest BCUT2D eigenvalue weighted by Crippen LogP contribution is 2.23. The monoisotopic (exact) mass is 290 g/mol. The van der Waals surface area contributed by atoms with Crippen LogP contribution < -0.4 is 10.5 Å². The van der Waals surface area contributed by atoms with Crippen molar-refractivity contribution in [2.24, 2.45) is 5.73 Å². The van der Waals surface area contributed by atoms with Crippen LogP contribution in [0.5, 0.6) is 5.88 Å². The first-order chi connectivity index (χ1) is 9.80. The quantitative estimate of drug-likeness (QED) is 0.760. The lowest BCUT2D eigenvalue weighted by atomic mass is 10.4. The highest BCUT2D eigenvalue weighted by Gasteiger charge is 2.14. The molecule has 0 saturated heterocycles. The van der Waals surface area contributed by atoms with Gasteiger partial charge in [0.25, 0.3) is 5.89 Å². The highest BCUT2D eigenvalue weighted by atomic mass is 32.1. The minimum Gasteiger partial charge on any atom is -0.481 e. The Morgan fingerprint density at radius 3 is 2.95 bits per heavy atom. The first kappa shape index (κ1) is 12.6. The second-order valence-electron chi connectivity index (χ2n) is 3.70. The molecule has 9 heteroatoms. The van der Waals surface area contributed by atoms with Crippen LogP contribution in [0.15, 0.2) is 22.3 Å². The average molecular weight is 290 g/mol. The molecule has 0 amide bonds. The summed E-state index contributed by atoms with van der Waals surface area (Å²) in [4.78, 5) is 16.5. The number of hydrogen-bond acceptors (Lipinski definition) is 9. The Bertz CT molecular complexity index is 725. The number of hydrogen-bond donors (Lipinski definition) is 1. The van der Waals surface area contributed by atoms with E-state index in [9.17, 15) is 0 Å². The van der Waals surface area contributed by atoms with Crippen molar-refractivity contribution in [2.75, 3.05) is 7.11 Å². The summed E-state index contributed by atoms with van der Waals surface area (Å²) >= 11 is 1.45. The van der Waals surface area contributed by atoms with E-state index in [1.165, 1.54) is 24.8 Å². The smallest absolute Gasteiger partial charge is 0.277 e. The minimum atomic E-state index is 0.327. The van der Waals surface area contributed by atoms with Crippen molar-refractivity contribution in [3.05, 3.63) is 22.8 Å². The molecular formula is C11H10N6O2S. The lowest BCUT2D eigenvalue weighted by Crippen LogP contribution is -1.94. The van der Waals surface area contributed by atoms with Crippen molar-refractivity contribution < 1.29 is 9.26 Å². The summed E-state index contributed by atoms with van der Waals surface area (Å²) in [5.74, 6) is 1.11. The summed E-state index contributed by atoms with van der Waals surface area (Å²) < 4.78 is 10.2. The zero-order valence-corrected chi connectivity index (χ0v) is 11.3. The van der Waals surface area contributed by atoms with Gasteiger partial charge in [0.2, 0.25) is 11.7 Å². The Morgan fingerprint density at radius 1 is 1.30 bits per heavy atom. The summed E-state index contributed by atoms with van der Waals surface area (Å²) in [6, 6.07) is 1.63. The second kappa shape index (κ2) is 5.31. The van der Waals surface area contributed by atoms with Gasteiger partial charge >= 0.3 is 0 Å². The van der Waals surface area contributed by atoms with E-state index in [4.69, 9.17) is 15.0 Å². The normalized spacial score (nSPS) is 10.7. The van der Waals surface area contributed by atoms with Gasteiger partial charge in [-0.05, 0) is 0 Å². The first-order valence-corrected chi connectivity index (χ1v) is 6.53. The van der Waals surface area contributed by atoms with Crippen LogP contribution in [0.3, 0.4) is 0 Å². The van der Waals surface area contributed by atoms with Crippen molar-refractivity contribution in [1.29, 1.82) is 0 Å². The molecule has 3 aromatic heterocycles. The molecule has 0 aliphatic carbocycles. The van der Waals surface area contributed by atoms with E-state index < -0.39 is 0 Å². The van der Waals surface area contributed by atoms with Gasteiger partial charge in [-0.3, -0.25) is 0 Å². The molecule has 3 rings (SSSR count). The van der Waals surface area contributed by atoms with Gasteiger partial charge in [-0.1, -0.05) is 5.16 Å². The van der Waals surface area contributed by atoms with Crippen molar-refractivity contribution in [3.63, 3.8) is 0 Å². The van der Waals surface area contributed by atoms with Crippen LogP contribution in [0.2, 0.25) is 0 Å². The molecule has 102 valence electrons. The van der Waals surface area contributed by atoms with Crippen LogP contribution in [-0.4, -0.2) is 32.2 Å². The summed E-state index contributed by atoms with van der Waals surface area (Å²) in [6.07, 6.45) is 1.37. The fourth-order valence-electron chi connectivity index (χ4n) is 1.51. The molecule has 0 spiro atoms. The van der Waals surface area contributed by atoms with E-state index in [2.05, 4.69) is 25.1 Å². The maximum Gasteiger partial charge on any atom is 0.277 e. The highest BCUT2D eigenvalue weighted by molar-refractivity contribution is 7.09. The van der Waals surface area contributed by atoms with Crippen LogP contribution >= 0.6 is 11.3 Å². The standard InChI is InChI=1S/C11H10N6O2S/c1-18-8-2-6(13-5-14-8)10-16-11(19-17-10)7-4-20-9(3-12)15-7/h2,4-5H,3,12H2,1H3. The van der Waals surface area contributed by atoms with E-state index in [0.29, 0.717) is 35.5 Å². The minimum absolute atomic E-state index is 0.327. The third-order valence-corrected chi connectivity index (χ3v) is 3.32. The molecule has 0 radical (unpaired) electrons. The summed E-state index contributed by atoms with van der Waals surface area (Å²) in [5.41, 5.74) is 6.64. The summed E-state index contributed by atoms with van der Waals surface area (Å²) in [7, 11) is 1.53. The van der Waals surface area contributed by atoms with E-state index in [1.807, 2.05) is 5.38 Å². The Kier molecular flexibility index (Phi) is 3.35. The maximum absolute atomic E-state index is 5.52. The number of aromatic nitrogens is 5. The summed E-state index contributed by atoms with van der Waals surface area (Å²) in [5, 5.41) is 6.50. The molecule has 3 heterocycles. The molecule has 0 atom stereocenters. The van der Waals surface area contributed by atoms with E-state index in [1.54, 1.807) is 6.07 Å². The predicted molar refractivity (Wildman–Crippen MR) is 70.9 cm³/mol. The molecule has 0 unspecified atom stereocenters. The van der Waals surface area contributed by atoms with Crippen LogP contribution in [0, 0.1) is 0 Å². The fourth-order valence-corrected chi connectivity index (χ4v) is 2.16. The molecule has 3 aromatic rings. The Morgan fingerprint density at radius 2 is 2.20 bits per heavy atom. The van der Waals surface area contributed by atoms with E-state index in [-0.39, 0.29) is 0 Å². The van der Waals surface area contributed by atoms with Gasteiger partial charge in [0.15, 0.2) is 0 Å². The average Bonchev–Trinajstić information content (AvgIpc) is 3.15. The van der Waals surface area contributed by atoms with Crippen molar-refractivity contribution in [3.8, 4) is 29.0 Å². The van der Waals surface area contributed by atoms with E-state index in [0.717, 1.165) is 5.01 Å². The molecule has 2 N–H and O–H groups in total. The molecule has 8 nitrogen and oxygen atoms in total. The molecule has 0 saturated carbocycles.